The van der Waals surface area contributed by atoms with Crippen molar-refractivity contribution < 1.29 is 9.53 Å². The zero-order valence-electron chi connectivity index (χ0n) is 11.8. The van der Waals surface area contributed by atoms with E-state index in [-0.39, 0.29) is 11.4 Å². The summed E-state index contributed by atoms with van der Waals surface area (Å²) in [6.07, 6.45) is 1.14. The van der Waals surface area contributed by atoms with Crippen LogP contribution in [0.5, 0.6) is 0 Å². The molecule has 0 radical (unpaired) electrons. The molecule has 0 aromatic heterocycles. The van der Waals surface area contributed by atoms with Crippen LogP contribution in [0.3, 0.4) is 0 Å². The third-order valence-corrected chi connectivity index (χ3v) is 4.30. The molecule has 0 bridgehead atoms. The van der Waals surface area contributed by atoms with Crippen LogP contribution in [0.25, 0.3) is 0 Å². The van der Waals surface area contributed by atoms with Gasteiger partial charge in [-0.25, -0.2) is 0 Å². The van der Waals surface area contributed by atoms with Crippen LogP contribution >= 0.6 is 23.2 Å². The number of hydrogen-bond acceptors (Lipinski definition) is 2. The lowest BCUT2D eigenvalue weighted by Crippen LogP contribution is -2.55. The molecule has 0 N–H and O–H groups in total. The number of carbonyl (C=O) groups is 1. The van der Waals surface area contributed by atoms with Gasteiger partial charge in [-0.3, -0.25) is 4.79 Å². The van der Waals surface area contributed by atoms with E-state index in [0.717, 1.165) is 5.56 Å². The van der Waals surface area contributed by atoms with Crippen molar-refractivity contribution in [3.05, 3.63) is 33.8 Å². The summed E-state index contributed by atoms with van der Waals surface area (Å²) in [5, 5.41) is 1.07. The average Bonchev–Trinajstić information content (AvgIpc) is 2.39. The van der Waals surface area contributed by atoms with Crippen LogP contribution in [-0.4, -0.2) is 36.1 Å². The van der Waals surface area contributed by atoms with Gasteiger partial charge in [-0.2, -0.15) is 0 Å². The fourth-order valence-corrected chi connectivity index (χ4v) is 2.72. The van der Waals surface area contributed by atoms with Crippen molar-refractivity contribution in [2.75, 3.05) is 19.8 Å². The summed E-state index contributed by atoms with van der Waals surface area (Å²) < 4.78 is 5.43. The number of ether oxygens (including phenoxy) is 1. The predicted molar refractivity (Wildman–Crippen MR) is 81.4 cm³/mol. The van der Waals surface area contributed by atoms with Crippen LogP contribution in [0, 0.1) is 0 Å². The maximum absolute atomic E-state index is 12.4. The van der Waals surface area contributed by atoms with Crippen molar-refractivity contribution in [1.29, 1.82) is 0 Å². The van der Waals surface area contributed by atoms with Gasteiger partial charge < -0.3 is 9.64 Å². The highest BCUT2D eigenvalue weighted by Gasteiger charge is 2.33. The topological polar surface area (TPSA) is 29.5 Å². The summed E-state index contributed by atoms with van der Waals surface area (Å²) in [6, 6.07) is 5.50. The molecule has 110 valence electrons. The lowest BCUT2D eigenvalue weighted by atomic mass is 10.0. The van der Waals surface area contributed by atoms with E-state index in [1.54, 1.807) is 6.07 Å². The number of carbonyl (C=O) groups excluding carboxylic acids is 1. The van der Waals surface area contributed by atoms with Gasteiger partial charge in [0.05, 0.1) is 28.8 Å². The van der Waals surface area contributed by atoms with Gasteiger partial charge in [-0.05, 0) is 38.0 Å². The molecule has 1 aliphatic rings. The zero-order chi connectivity index (χ0) is 14.8. The molecule has 1 heterocycles. The molecule has 2 rings (SSSR count). The highest BCUT2D eigenvalue weighted by molar-refractivity contribution is 6.42. The first-order chi connectivity index (χ1) is 9.40. The number of nitrogens with zero attached hydrogens (tertiary/aromatic N) is 1. The predicted octanol–water partition coefficient (Wildman–Crippen LogP) is 3.56. The van der Waals surface area contributed by atoms with Crippen LogP contribution < -0.4 is 0 Å². The van der Waals surface area contributed by atoms with Gasteiger partial charge in [0.25, 0.3) is 0 Å². The quantitative estimate of drug-likeness (QED) is 0.853. The van der Waals surface area contributed by atoms with Crippen molar-refractivity contribution in [3.63, 3.8) is 0 Å². The fourth-order valence-electron chi connectivity index (χ4n) is 2.40. The molecule has 1 saturated heterocycles. The number of rotatable bonds is 3. The van der Waals surface area contributed by atoms with E-state index in [9.17, 15) is 4.79 Å². The second kappa shape index (κ2) is 6.33. The van der Waals surface area contributed by atoms with Crippen molar-refractivity contribution in [3.8, 4) is 0 Å². The number of benzene rings is 1. The summed E-state index contributed by atoms with van der Waals surface area (Å²) >= 11 is 11.9. The average molecular weight is 316 g/mol. The molecule has 1 aromatic rings. The second-order valence-corrected chi connectivity index (χ2v) is 6.47. The molecule has 1 aromatic carbocycles. The Bertz CT molecular complexity index is 503. The molecule has 1 aliphatic heterocycles. The minimum atomic E-state index is -0.229. The molecule has 3 nitrogen and oxygen atoms in total. The molecule has 5 heteroatoms. The number of amides is 1. The van der Waals surface area contributed by atoms with Gasteiger partial charge in [0.1, 0.15) is 0 Å². The van der Waals surface area contributed by atoms with E-state index in [1.807, 2.05) is 30.9 Å². The van der Waals surface area contributed by atoms with E-state index in [0.29, 0.717) is 42.6 Å². The van der Waals surface area contributed by atoms with Gasteiger partial charge in [-0.15, -0.1) is 0 Å². The lowest BCUT2D eigenvalue weighted by Gasteiger charge is -2.42. The van der Waals surface area contributed by atoms with Gasteiger partial charge in [0.15, 0.2) is 0 Å². The molecule has 0 aliphatic carbocycles. The maximum atomic E-state index is 12.4. The Morgan fingerprint density at radius 2 is 2.10 bits per heavy atom. The number of hydrogen-bond donors (Lipinski definition) is 0. The van der Waals surface area contributed by atoms with E-state index in [1.165, 1.54) is 0 Å². The number of aryl methyl sites for hydroxylation is 1. The first-order valence-corrected chi connectivity index (χ1v) is 7.48. The largest absolute Gasteiger partial charge is 0.377 e. The van der Waals surface area contributed by atoms with Crippen molar-refractivity contribution >= 4 is 29.1 Å². The molecule has 0 saturated carbocycles. The standard InChI is InChI=1S/C15H19Cl2NO2/c1-15(2)10-20-8-7-18(15)14(19)6-4-11-3-5-12(16)13(17)9-11/h3,5,9H,4,6-8,10H2,1-2H3. The molecule has 1 fully saturated rings. The zero-order valence-corrected chi connectivity index (χ0v) is 13.3. The van der Waals surface area contributed by atoms with Gasteiger partial charge in [-0.1, -0.05) is 29.3 Å². The SMILES string of the molecule is CC1(C)COCCN1C(=O)CCc1ccc(Cl)c(Cl)c1. The second-order valence-electron chi connectivity index (χ2n) is 5.66. The van der Waals surface area contributed by atoms with Crippen molar-refractivity contribution in [2.24, 2.45) is 0 Å². The van der Waals surface area contributed by atoms with Crippen LogP contribution in [0.2, 0.25) is 10.0 Å². The highest BCUT2D eigenvalue weighted by Crippen LogP contribution is 2.24. The lowest BCUT2D eigenvalue weighted by molar-refractivity contribution is -0.146. The fraction of sp³-hybridized carbons (Fsp3) is 0.533. The van der Waals surface area contributed by atoms with E-state index in [4.69, 9.17) is 27.9 Å². The highest BCUT2D eigenvalue weighted by atomic mass is 35.5. The molecule has 0 atom stereocenters. The van der Waals surface area contributed by atoms with E-state index < -0.39 is 0 Å². The Kier molecular flexibility index (Phi) is 4.95. The minimum Gasteiger partial charge on any atom is -0.377 e. The summed E-state index contributed by atoms with van der Waals surface area (Å²) in [7, 11) is 0. The monoisotopic (exact) mass is 315 g/mol. The molecule has 0 unspecified atom stereocenters. The summed E-state index contributed by atoms with van der Waals surface area (Å²) in [4.78, 5) is 14.3. The first kappa shape index (κ1) is 15.6. The van der Waals surface area contributed by atoms with Crippen LogP contribution in [0.4, 0.5) is 0 Å². The van der Waals surface area contributed by atoms with E-state index in [2.05, 4.69) is 0 Å². The van der Waals surface area contributed by atoms with Crippen LogP contribution in [0.1, 0.15) is 25.8 Å². The third kappa shape index (κ3) is 3.66. The molecular formula is C15H19Cl2NO2. The Hall–Kier alpha value is -0.770. The Morgan fingerprint density at radius 3 is 2.75 bits per heavy atom. The van der Waals surface area contributed by atoms with Crippen molar-refractivity contribution in [2.45, 2.75) is 32.2 Å². The summed E-state index contributed by atoms with van der Waals surface area (Å²) in [6.45, 7) is 5.92. The van der Waals surface area contributed by atoms with Crippen molar-refractivity contribution in [1.82, 2.24) is 4.90 Å². The summed E-state index contributed by atoms with van der Waals surface area (Å²) in [5.41, 5.74) is 0.797. The summed E-state index contributed by atoms with van der Waals surface area (Å²) in [5.74, 6) is 0.157. The minimum absolute atomic E-state index is 0.157. The smallest absolute Gasteiger partial charge is 0.223 e. The Balaban J connectivity index is 1.96. The molecule has 1 amide bonds. The third-order valence-electron chi connectivity index (χ3n) is 3.56. The molecule has 0 spiro atoms. The van der Waals surface area contributed by atoms with Gasteiger partial charge in [0.2, 0.25) is 5.91 Å². The van der Waals surface area contributed by atoms with Gasteiger partial charge >= 0.3 is 0 Å². The first-order valence-electron chi connectivity index (χ1n) is 6.72. The molecular weight excluding hydrogens is 297 g/mol. The molecule has 20 heavy (non-hydrogen) atoms. The number of morpholine rings is 1. The Labute approximate surface area is 129 Å². The maximum Gasteiger partial charge on any atom is 0.223 e. The Morgan fingerprint density at radius 1 is 1.35 bits per heavy atom. The van der Waals surface area contributed by atoms with Crippen LogP contribution in [0.15, 0.2) is 18.2 Å². The van der Waals surface area contributed by atoms with Gasteiger partial charge in [0, 0.05) is 13.0 Å². The normalized spacial score (nSPS) is 18.1. The van der Waals surface area contributed by atoms with Crippen LogP contribution in [-0.2, 0) is 16.0 Å². The van der Waals surface area contributed by atoms with E-state index >= 15 is 0 Å². The number of halogens is 2.